The van der Waals surface area contributed by atoms with Crippen LogP contribution in [0.15, 0.2) is 126 Å². The number of hydrogen-bond donors (Lipinski definition) is 0. The van der Waals surface area contributed by atoms with Crippen molar-refractivity contribution in [3.8, 4) is 0 Å². The average Bonchev–Trinajstić information content (AvgIpc) is 2.87. The van der Waals surface area contributed by atoms with E-state index < -0.39 is 7.26 Å². The first-order valence-electron chi connectivity index (χ1n) is 11.2. The summed E-state index contributed by atoms with van der Waals surface area (Å²) in [4.78, 5) is 0. The first-order chi connectivity index (χ1) is 16.1. The summed E-state index contributed by atoms with van der Waals surface area (Å²) in [6.07, 6.45) is 9.09. The van der Waals surface area contributed by atoms with Gasteiger partial charge in [-0.2, -0.15) is 0 Å². The molecule has 0 fully saturated rings. The van der Waals surface area contributed by atoms with E-state index in [4.69, 9.17) is 9.47 Å². The highest BCUT2D eigenvalue weighted by Crippen LogP contribution is 2.56. The zero-order valence-corrected chi connectivity index (χ0v) is 22.0. The van der Waals surface area contributed by atoms with Gasteiger partial charge in [0.25, 0.3) is 0 Å². The standard InChI is InChI=1S/C30H34O2P.ClH/c1-25(16-14-15-17-26(2)30(31-3)32-4)24-33(27-18-8-5-9-19-27,28-20-10-6-11-21-28)29-22-12-7-13-23-29;/h5-23,30H,24H2,1-4H3;1H/q+1;/p-1/b15-14+,25-16+,26-17+;. The van der Waals surface area contributed by atoms with Gasteiger partial charge in [-0.25, -0.2) is 0 Å². The molecule has 0 aliphatic carbocycles. The van der Waals surface area contributed by atoms with E-state index in [1.807, 2.05) is 13.0 Å². The van der Waals surface area contributed by atoms with Crippen LogP contribution in [-0.2, 0) is 9.47 Å². The summed E-state index contributed by atoms with van der Waals surface area (Å²) < 4.78 is 10.6. The van der Waals surface area contributed by atoms with Gasteiger partial charge in [0, 0.05) is 14.2 Å². The Morgan fingerprint density at radius 2 is 1.06 bits per heavy atom. The van der Waals surface area contributed by atoms with Gasteiger partial charge in [-0.15, -0.1) is 0 Å². The smallest absolute Gasteiger partial charge is 0.179 e. The quantitative estimate of drug-likeness (QED) is 0.246. The Kier molecular flexibility index (Phi) is 11.5. The van der Waals surface area contributed by atoms with Crippen LogP contribution in [0.4, 0.5) is 0 Å². The van der Waals surface area contributed by atoms with Gasteiger partial charge < -0.3 is 21.9 Å². The Morgan fingerprint density at radius 1 is 0.676 bits per heavy atom. The summed E-state index contributed by atoms with van der Waals surface area (Å²) in [5.74, 6) is 0. The molecule has 3 aromatic carbocycles. The number of methoxy groups -OCH3 is 2. The molecule has 4 heteroatoms. The third kappa shape index (κ3) is 6.78. The number of hydrogen-bond acceptors (Lipinski definition) is 2. The third-order valence-electron chi connectivity index (χ3n) is 5.73. The van der Waals surface area contributed by atoms with Crippen LogP contribution in [0.3, 0.4) is 0 Å². The van der Waals surface area contributed by atoms with Crippen LogP contribution in [0, 0.1) is 0 Å². The second-order valence-electron chi connectivity index (χ2n) is 8.09. The lowest BCUT2D eigenvalue weighted by Gasteiger charge is -2.28. The molecule has 0 aliphatic rings. The third-order valence-corrected chi connectivity index (χ3v) is 10.2. The normalized spacial score (nSPS) is 12.7. The van der Waals surface area contributed by atoms with E-state index >= 15 is 0 Å². The first kappa shape index (κ1) is 27.8. The molecule has 34 heavy (non-hydrogen) atoms. The fourth-order valence-corrected chi connectivity index (χ4v) is 8.51. The van der Waals surface area contributed by atoms with Crippen LogP contribution >= 0.6 is 7.26 Å². The summed E-state index contributed by atoms with van der Waals surface area (Å²) >= 11 is 0. The fourth-order valence-electron chi connectivity index (χ4n) is 4.17. The van der Waals surface area contributed by atoms with Gasteiger partial charge in [-0.05, 0) is 61.4 Å². The molecule has 0 atom stereocenters. The van der Waals surface area contributed by atoms with E-state index in [2.05, 4.69) is 116 Å². The molecule has 0 amide bonds. The molecule has 0 aliphatic heterocycles. The van der Waals surface area contributed by atoms with E-state index in [9.17, 15) is 0 Å². The molecular formula is C30H34ClO2P. The van der Waals surface area contributed by atoms with E-state index in [0.29, 0.717) is 0 Å². The second-order valence-corrected chi connectivity index (χ2v) is 11.6. The number of allylic oxidation sites excluding steroid dienone is 5. The van der Waals surface area contributed by atoms with Crippen LogP contribution in [0.5, 0.6) is 0 Å². The first-order valence-corrected chi connectivity index (χ1v) is 13.2. The van der Waals surface area contributed by atoms with E-state index in [1.54, 1.807) is 14.2 Å². The number of halogens is 1. The number of rotatable bonds is 10. The Bertz CT molecular complexity index is 976. The molecule has 0 N–H and O–H groups in total. The minimum absolute atomic E-state index is 0. The van der Waals surface area contributed by atoms with Crippen LogP contribution < -0.4 is 28.3 Å². The molecule has 0 radical (unpaired) electrons. The molecule has 3 rings (SSSR count). The highest BCUT2D eigenvalue weighted by atomic mass is 35.5. The van der Waals surface area contributed by atoms with E-state index in [0.717, 1.165) is 11.7 Å². The summed E-state index contributed by atoms with van der Waals surface area (Å²) in [5.41, 5.74) is 2.37. The molecule has 3 aromatic rings. The topological polar surface area (TPSA) is 18.5 Å². The van der Waals surface area contributed by atoms with Crippen molar-refractivity contribution in [2.75, 3.05) is 20.4 Å². The van der Waals surface area contributed by atoms with Crippen molar-refractivity contribution in [3.63, 3.8) is 0 Å². The van der Waals surface area contributed by atoms with E-state index in [-0.39, 0.29) is 18.7 Å². The molecule has 0 aromatic heterocycles. The van der Waals surface area contributed by atoms with Crippen molar-refractivity contribution in [1.29, 1.82) is 0 Å². The maximum Gasteiger partial charge on any atom is 0.179 e. The van der Waals surface area contributed by atoms with Gasteiger partial charge in [0.1, 0.15) is 23.2 Å². The van der Waals surface area contributed by atoms with Gasteiger partial charge >= 0.3 is 0 Å². The maximum atomic E-state index is 5.32. The largest absolute Gasteiger partial charge is 1.00 e. The lowest BCUT2D eigenvalue weighted by atomic mass is 10.2. The van der Waals surface area contributed by atoms with Crippen LogP contribution in [-0.4, -0.2) is 26.7 Å². The van der Waals surface area contributed by atoms with Crippen LogP contribution in [0.1, 0.15) is 13.8 Å². The number of ether oxygens (including phenoxy) is 2. The molecule has 0 bridgehead atoms. The zero-order chi connectivity index (χ0) is 23.5. The minimum Gasteiger partial charge on any atom is -1.00 e. The summed E-state index contributed by atoms with van der Waals surface area (Å²) in [6.45, 7) is 4.24. The van der Waals surface area contributed by atoms with Crippen LogP contribution in [0.25, 0.3) is 0 Å². The molecule has 2 nitrogen and oxygen atoms in total. The highest BCUT2D eigenvalue weighted by Gasteiger charge is 2.45. The summed E-state index contributed by atoms with van der Waals surface area (Å²) in [5, 5.41) is 4.20. The number of benzene rings is 3. The fraction of sp³-hybridized carbons (Fsp3) is 0.200. The van der Waals surface area contributed by atoms with Crippen molar-refractivity contribution >= 4 is 23.2 Å². The second kappa shape index (κ2) is 14.0. The molecule has 0 saturated heterocycles. The summed E-state index contributed by atoms with van der Waals surface area (Å²) in [7, 11) is 1.44. The van der Waals surface area contributed by atoms with Gasteiger partial charge in [-0.3, -0.25) is 0 Å². The zero-order valence-electron chi connectivity index (χ0n) is 20.4. The summed E-state index contributed by atoms with van der Waals surface area (Å²) in [6, 6.07) is 33.0. The lowest BCUT2D eigenvalue weighted by Crippen LogP contribution is -3.00. The molecule has 0 spiro atoms. The Labute approximate surface area is 211 Å². The predicted molar refractivity (Wildman–Crippen MR) is 144 cm³/mol. The predicted octanol–water partition coefficient (Wildman–Crippen LogP) is 3.05. The molecule has 0 heterocycles. The van der Waals surface area contributed by atoms with Crippen molar-refractivity contribution in [2.24, 2.45) is 0 Å². The Hall–Kier alpha value is -2.48. The average molecular weight is 493 g/mol. The minimum atomic E-state index is -1.86. The van der Waals surface area contributed by atoms with Crippen molar-refractivity contribution in [3.05, 3.63) is 126 Å². The Balaban J connectivity index is 0.00000408. The van der Waals surface area contributed by atoms with Crippen LogP contribution in [0.2, 0.25) is 0 Å². The molecule has 178 valence electrons. The van der Waals surface area contributed by atoms with Gasteiger partial charge in [0.15, 0.2) is 6.29 Å². The monoisotopic (exact) mass is 492 g/mol. The highest BCUT2D eigenvalue weighted by molar-refractivity contribution is 7.95. The van der Waals surface area contributed by atoms with Crippen molar-refractivity contribution in [1.82, 2.24) is 0 Å². The van der Waals surface area contributed by atoms with Gasteiger partial charge in [-0.1, -0.05) is 78.9 Å². The molecule has 0 saturated carbocycles. The van der Waals surface area contributed by atoms with E-state index in [1.165, 1.54) is 21.5 Å². The SMILES string of the molecule is COC(OC)/C(C)=C/C=C/C=C(\C)C[P+](c1ccccc1)(c1ccccc1)c1ccccc1.[Cl-]. The van der Waals surface area contributed by atoms with Gasteiger partial charge in [0.2, 0.25) is 0 Å². The lowest BCUT2D eigenvalue weighted by molar-refractivity contribution is -0.0746. The molecule has 0 unspecified atom stereocenters. The maximum absolute atomic E-state index is 5.32. The molecular weight excluding hydrogens is 459 g/mol. The Morgan fingerprint density at radius 3 is 1.44 bits per heavy atom. The van der Waals surface area contributed by atoms with Crippen molar-refractivity contribution < 1.29 is 21.9 Å². The van der Waals surface area contributed by atoms with Crippen molar-refractivity contribution in [2.45, 2.75) is 20.1 Å². The van der Waals surface area contributed by atoms with Gasteiger partial charge in [0.05, 0.1) is 6.16 Å².